The molecule has 9 heteroatoms. The maximum Gasteiger partial charge on any atom is 0.407 e. The van der Waals surface area contributed by atoms with E-state index in [1.165, 1.54) is 0 Å². The van der Waals surface area contributed by atoms with Crippen LogP contribution in [0.15, 0.2) is 18.2 Å². The monoisotopic (exact) mass is 380 g/mol. The Balaban J connectivity index is 1.81. The fourth-order valence-corrected chi connectivity index (χ4v) is 4.76. The first kappa shape index (κ1) is 17.9. The van der Waals surface area contributed by atoms with Crippen LogP contribution in [0.2, 0.25) is 0 Å². The number of alkyl halides is 3. The Kier molecular flexibility index (Phi) is 3.38. The molecule has 0 aromatic heterocycles. The van der Waals surface area contributed by atoms with E-state index in [0.29, 0.717) is 6.07 Å². The first-order chi connectivity index (χ1) is 12.4. The summed E-state index contributed by atoms with van der Waals surface area (Å²) in [5, 5.41) is 10.3. The zero-order valence-corrected chi connectivity index (χ0v) is 14.4. The van der Waals surface area contributed by atoms with E-state index in [-0.39, 0.29) is 12.1 Å². The first-order valence-corrected chi connectivity index (χ1v) is 8.29. The van der Waals surface area contributed by atoms with Gasteiger partial charge in [0.05, 0.1) is 35.7 Å². The van der Waals surface area contributed by atoms with E-state index in [1.54, 1.807) is 13.8 Å². The van der Waals surface area contributed by atoms with Crippen molar-refractivity contribution in [2.75, 3.05) is 4.90 Å². The van der Waals surface area contributed by atoms with Crippen LogP contribution >= 0.6 is 0 Å². The molecule has 2 bridgehead atoms. The Morgan fingerprint density at radius 2 is 1.89 bits per heavy atom. The van der Waals surface area contributed by atoms with E-state index in [9.17, 15) is 27.9 Å². The molecular weight excluding hydrogens is 365 g/mol. The van der Waals surface area contributed by atoms with Crippen molar-refractivity contribution in [1.82, 2.24) is 0 Å². The Hall–Kier alpha value is -2.44. The quantitative estimate of drug-likeness (QED) is 0.601. The number of amides is 2. The minimum Gasteiger partial charge on any atom is -0.390 e. The first-order valence-electron chi connectivity index (χ1n) is 8.29. The van der Waals surface area contributed by atoms with Crippen LogP contribution in [0.25, 0.3) is 4.85 Å². The molecule has 3 heterocycles. The van der Waals surface area contributed by atoms with Gasteiger partial charge in [-0.1, -0.05) is 6.07 Å². The largest absolute Gasteiger partial charge is 0.407 e. The van der Waals surface area contributed by atoms with Crippen molar-refractivity contribution in [2.45, 2.75) is 43.8 Å². The zero-order chi connectivity index (χ0) is 19.9. The van der Waals surface area contributed by atoms with E-state index in [4.69, 9.17) is 11.3 Å². The van der Waals surface area contributed by atoms with Crippen molar-refractivity contribution in [3.05, 3.63) is 35.2 Å². The topological polar surface area (TPSA) is 71.2 Å². The molecule has 3 aliphatic rings. The summed E-state index contributed by atoms with van der Waals surface area (Å²) in [6.07, 6.45) is -5.58. The summed E-state index contributed by atoms with van der Waals surface area (Å²) >= 11 is 0. The van der Waals surface area contributed by atoms with Gasteiger partial charge in [-0.2, -0.15) is 13.2 Å². The highest BCUT2D eigenvalue weighted by Gasteiger charge is 2.75. The van der Waals surface area contributed by atoms with Gasteiger partial charge in [0.25, 0.3) is 0 Å². The predicted molar refractivity (Wildman–Crippen MR) is 85.7 cm³/mol. The maximum atomic E-state index is 13.2. The minimum absolute atomic E-state index is 0.169. The smallest absolute Gasteiger partial charge is 0.390 e. The lowest BCUT2D eigenvalue weighted by atomic mass is 9.67. The SMILES string of the molecule is [C-]#[N+]c1ccc(N2C(=O)[C@@H]3[C@H](C2=O)C2(C)OC3(C)C[C@H]2O)cc1C(F)(F)F. The summed E-state index contributed by atoms with van der Waals surface area (Å²) < 4.78 is 45.6. The molecule has 3 aliphatic heterocycles. The Morgan fingerprint density at radius 3 is 2.48 bits per heavy atom. The van der Waals surface area contributed by atoms with Crippen molar-refractivity contribution in [3.8, 4) is 0 Å². The van der Waals surface area contributed by atoms with Gasteiger partial charge in [-0.05, 0) is 26.0 Å². The van der Waals surface area contributed by atoms with E-state index in [2.05, 4.69) is 4.85 Å². The summed E-state index contributed by atoms with van der Waals surface area (Å²) in [5.41, 5.74) is -4.36. The number of fused-ring (bicyclic) bond motifs is 5. The number of hydrogen-bond acceptors (Lipinski definition) is 4. The molecule has 1 N–H and O–H groups in total. The van der Waals surface area contributed by atoms with Gasteiger partial charge in [0.1, 0.15) is 5.60 Å². The molecule has 3 saturated heterocycles. The van der Waals surface area contributed by atoms with Gasteiger partial charge in [-0.15, -0.1) is 0 Å². The summed E-state index contributed by atoms with van der Waals surface area (Å²) in [6, 6.07) is 2.75. The molecule has 6 nitrogen and oxygen atoms in total. The average molecular weight is 380 g/mol. The van der Waals surface area contributed by atoms with Crippen LogP contribution in [-0.2, 0) is 20.5 Å². The van der Waals surface area contributed by atoms with Crippen molar-refractivity contribution >= 4 is 23.2 Å². The molecule has 4 rings (SSSR count). The van der Waals surface area contributed by atoms with Crippen LogP contribution in [0.1, 0.15) is 25.8 Å². The van der Waals surface area contributed by atoms with Crippen LogP contribution in [0.5, 0.6) is 0 Å². The lowest BCUT2D eigenvalue weighted by Gasteiger charge is -2.31. The highest BCUT2D eigenvalue weighted by atomic mass is 19.4. The molecule has 5 atom stereocenters. The van der Waals surface area contributed by atoms with Gasteiger partial charge < -0.3 is 9.84 Å². The van der Waals surface area contributed by atoms with Gasteiger partial charge in [0.2, 0.25) is 11.8 Å². The molecule has 2 unspecified atom stereocenters. The lowest BCUT2D eigenvalue weighted by molar-refractivity contribution is -0.137. The number of rotatable bonds is 1. The van der Waals surface area contributed by atoms with Crippen molar-refractivity contribution < 1.29 is 32.6 Å². The normalized spacial score (nSPS) is 37.7. The fourth-order valence-electron chi connectivity index (χ4n) is 4.76. The number of imide groups is 1. The molecule has 0 spiro atoms. The Labute approximate surface area is 152 Å². The van der Waals surface area contributed by atoms with E-state index in [1.807, 2.05) is 0 Å². The van der Waals surface area contributed by atoms with Gasteiger partial charge in [0, 0.05) is 12.1 Å². The molecule has 27 heavy (non-hydrogen) atoms. The number of aliphatic hydroxyl groups is 1. The number of carbonyl (C=O) groups is 2. The summed E-state index contributed by atoms with van der Waals surface area (Å²) in [6.45, 7) is 10.1. The van der Waals surface area contributed by atoms with Crippen molar-refractivity contribution in [2.24, 2.45) is 11.8 Å². The lowest BCUT2D eigenvalue weighted by Crippen LogP contribution is -2.49. The molecule has 1 aromatic rings. The third kappa shape index (κ3) is 2.14. The number of benzene rings is 1. The van der Waals surface area contributed by atoms with E-state index in [0.717, 1.165) is 17.0 Å². The molecular formula is C18H15F3N2O4. The number of halogens is 3. The van der Waals surface area contributed by atoms with Crippen LogP contribution in [-0.4, -0.2) is 34.2 Å². The van der Waals surface area contributed by atoms with Gasteiger partial charge >= 0.3 is 6.18 Å². The molecule has 0 saturated carbocycles. The molecule has 1 aromatic carbocycles. The predicted octanol–water partition coefficient (Wildman–Crippen LogP) is 2.67. The number of carbonyl (C=O) groups excluding carboxylic acids is 2. The third-order valence-electron chi connectivity index (χ3n) is 5.96. The number of anilines is 1. The number of hydrogen-bond donors (Lipinski definition) is 1. The Morgan fingerprint density at radius 1 is 1.26 bits per heavy atom. The molecule has 142 valence electrons. The highest BCUT2D eigenvalue weighted by Crippen LogP contribution is 2.61. The average Bonchev–Trinajstić information content (AvgIpc) is 3.07. The Bertz CT molecular complexity index is 924. The van der Waals surface area contributed by atoms with E-state index >= 15 is 0 Å². The third-order valence-corrected chi connectivity index (χ3v) is 5.96. The van der Waals surface area contributed by atoms with Gasteiger partial charge in [0.15, 0.2) is 5.69 Å². The van der Waals surface area contributed by atoms with Gasteiger partial charge in [-0.3, -0.25) is 9.59 Å². The molecule has 0 radical (unpaired) electrons. The summed E-state index contributed by atoms with van der Waals surface area (Å²) in [7, 11) is 0. The number of ether oxygens (including phenoxy) is 1. The summed E-state index contributed by atoms with van der Waals surface area (Å²) in [4.78, 5) is 29.5. The molecule has 2 amide bonds. The van der Waals surface area contributed by atoms with Crippen LogP contribution in [0.4, 0.5) is 24.5 Å². The van der Waals surface area contributed by atoms with E-state index < -0.39 is 58.4 Å². The second-order valence-electron chi connectivity index (χ2n) is 7.60. The van der Waals surface area contributed by atoms with Crippen molar-refractivity contribution in [3.63, 3.8) is 0 Å². The molecule has 0 aliphatic carbocycles. The highest BCUT2D eigenvalue weighted by molar-refractivity contribution is 6.23. The van der Waals surface area contributed by atoms with Crippen LogP contribution in [0.3, 0.4) is 0 Å². The zero-order valence-electron chi connectivity index (χ0n) is 14.4. The van der Waals surface area contributed by atoms with Crippen LogP contribution < -0.4 is 4.90 Å². The minimum atomic E-state index is -4.80. The number of aliphatic hydroxyl groups excluding tert-OH is 1. The van der Waals surface area contributed by atoms with Gasteiger partial charge in [-0.25, -0.2) is 9.74 Å². The second-order valence-corrected chi connectivity index (χ2v) is 7.60. The maximum absolute atomic E-state index is 13.2. The van der Waals surface area contributed by atoms with Crippen LogP contribution in [0, 0.1) is 18.4 Å². The fraction of sp³-hybridized carbons (Fsp3) is 0.500. The number of nitrogens with zero attached hydrogens (tertiary/aromatic N) is 2. The molecule has 3 fully saturated rings. The standard InChI is InChI=1S/C18H15F3N2O4/c1-16-7-11(24)17(2,27-16)13-12(16)14(25)23(15(13)26)8-4-5-10(22-3)9(6-8)18(19,20)21/h4-6,11-13,24H,7H2,1-2H3/t11-,12+,13-,16?,17?/m1/s1. The van der Waals surface area contributed by atoms with Crippen molar-refractivity contribution in [1.29, 1.82) is 0 Å². The second kappa shape index (κ2) is 5.09. The summed E-state index contributed by atoms with van der Waals surface area (Å²) in [5.74, 6) is -3.17.